The Kier molecular flexibility index (Phi) is 6.05. The number of hydrogen-bond acceptors (Lipinski definition) is 4. The van der Waals surface area contributed by atoms with Crippen LogP contribution in [0.15, 0.2) is 79.0 Å². The molecule has 0 fully saturated rings. The van der Waals surface area contributed by atoms with Gasteiger partial charge < -0.3 is 9.47 Å². The van der Waals surface area contributed by atoms with E-state index in [9.17, 15) is 4.79 Å². The summed E-state index contributed by atoms with van der Waals surface area (Å²) in [6, 6.07) is 22.6. The lowest BCUT2D eigenvalue weighted by molar-refractivity contribution is -0.124. The third-order valence-electron chi connectivity index (χ3n) is 4.10. The van der Waals surface area contributed by atoms with E-state index in [0.717, 1.165) is 5.56 Å². The van der Waals surface area contributed by atoms with Crippen LogP contribution in [0.2, 0.25) is 0 Å². The first-order valence-corrected chi connectivity index (χ1v) is 8.75. The number of amides is 1. The van der Waals surface area contributed by atoms with Gasteiger partial charge >= 0.3 is 0 Å². The Morgan fingerprint density at radius 2 is 1.63 bits per heavy atom. The number of benzene rings is 2. The van der Waals surface area contributed by atoms with Crippen LogP contribution < -0.4 is 14.4 Å². The fourth-order valence-corrected chi connectivity index (χ4v) is 2.73. The summed E-state index contributed by atoms with van der Waals surface area (Å²) in [4.78, 5) is 19.2. The van der Waals surface area contributed by atoms with E-state index >= 15 is 0 Å². The van der Waals surface area contributed by atoms with Crippen molar-refractivity contribution in [3.63, 3.8) is 0 Å². The third kappa shape index (κ3) is 4.64. The minimum absolute atomic E-state index is 0.177. The molecule has 0 bridgehead atoms. The molecule has 138 valence electrons. The van der Waals surface area contributed by atoms with Gasteiger partial charge in [0.2, 0.25) is 0 Å². The number of anilines is 1. The predicted molar refractivity (Wildman–Crippen MR) is 105 cm³/mol. The van der Waals surface area contributed by atoms with Gasteiger partial charge in [-0.3, -0.25) is 9.69 Å². The summed E-state index contributed by atoms with van der Waals surface area (Å²) in [7, 11) is 1.57. The average Bonchev–Trinajstić information content (AvgIpc) is 2.73. The molecule has 5 nitrogen and oxygen atoms in total. The van der Waals surface area contributed by atoms with E-state index in [2.05, 4.69) is 4.98 Å². The van der Waals surface area contributed by atoms with Gasteiger partial charge in [-0.25, -0.2) is 4.98 Å². The van der Waals surface area contributed by atoms with Crippen molar-refractivity contribution in [3.05, 3.63) is 84.6 Å². The number of nitrogens with zero attached hydrogens (tertiary/aromatic N) is 2. The molecule has 0 aliphatic heterocycles. The molecule has 0 aliphatic carbocycles. The number of carbonyl (C=O) groups excluding carboxylic acids is 1. The summed E-state index contributed by atoms with van der Waals surface area (Å²) in [5, 5.41) is 0. The minimum atomic E-state index is -0.702. The van der Waals surface area contributed by atoms with E-state index in [0.29, 0.717) is 23.9 Å². The Labute approximate surface area is 159 Å². The van der Waals surface area contributed by atoms with E-state index in [1.54, 1.807) is 37.3 Å². The number of ether oxygens (including phenoxy) is 2. The molecule has 2 aromatic carbocycles. The maximum atomic E-state index is 13.2. The van der Waals surface area contributed by atoms with Crippen molar-refractivity contribution in [2.45, 2.75) is 19.6 Å². The van der Waals surface area contributed by atoms with Crippen molar-refractivity contribution in [2.24, 2.45) is 0 Å². The molecular formula is C22H22N2O3. The number of carbonyl (C=O) groups is 1. The van der Waals surface area contributed by atoms with Crippen molar-refractivity contribution in [2.75, 3.05) is 12.0 Å². The second kappa shape index (κ2) is 8.85. The van der Waals surface area contributed by atoms with Gasteiger partial charge in [0.1, 0.15) is 5.82 Å². The average molecular weight is 362 g/mol. The number of aromatic nitrogens is 1. The summed E-state index contributed by atoms with van der Waals surface area (Å²) in [6.07, 6.45) is 0.971. The van der Waals surface area contributed by atoms with Gasteiger partial charge in [0, 0.05) is 6.20 Å². The molecule has 0 saturated heterocycles. The van der Waals surface area contributed by atoms with Gasteiger partial charge in [-0.2, -0.15) is 0 Å². The quantitative estimate of drug-likeness (QED) is 0.635. The van der Waals surface area contributed by atoms with Crippen molar-refractivity contribution in [1.82, 2.24) is 4.98 Å². The highest BCUT2D eigenvalue weighted by molar-refractivity contribution is 5.95. The first-order valence-electron chi connectivity index (χ1n) is 8.75. The van der Waals surface area contributed by atoms with Crippen LogP contribution in [0.5, 0.6) is 11.5 Å². The molecule has 0 N–H and O–H groups in total. The van der Waals surface area contributed by atoms with Crippen molar-refractivity contribution in [3.8, 4) is 11.5 Å². The van der Waals surface area contributed by atoms with Crippen molar-refractivity contribution >= 4 is 11.7 Å². The molecule has 3 rings (SSSR count). The summed E-state index contributed by atoms with van der Waals surface area (Å²) in [5.41, 5.74) is 1.01. The molecule has 0 spiro atoms. The normalized spacial score (nSPS) is 11.5. The van der Waals surface area contributed by atoms with E-state index in [1.807, 2.05) is 60.7 Å². The van der Waals surface area contributed by atoms with E-state index in [4.69, 9.17) is 9.47 Å². The highest BCUT2D eigenvalue weighted by Gasteiger charge is 2.25. The maximum absolute atomic E-state index is 13.2. The highest BCUT2D eigenvalue weighted by Crippen LogP contribution is 2.27. The van der Waals surface area contributed by atoms with Crippen LogP contribution in [-0.2, 0) is 11.3 Å². The van der Waals surface area contributed by atoms with Gasteiger partial charge in [-0.15, -0.1) is 0 Å². The molecule has 27 heavy (non-hydrogen) atoms. The molecule has 1 atom stereocenters. The van der Waals surface area contributed by atoms with Crippen LogP contribution in [-0.4, -0.2) is 24.1 Å². The number of methoxy groups -OCH3 is 1. The lowest BCUT2D eigenvalue weighted by atomic mass is 10.2. The monoisotopic (exact) mass is 362 g/mol. The van der Waals surface area contributed by atoms with Crippen LogP contribution >= 0.6 is 0 Å². The lowest BCUT2D eigenvalue weighted by Gasteiger charge is -2.26. The first kappa shape index (κ1) is 18.5. The van der Waals surface area contributed by atoms with Crippen LogP contribution in [0.25, 0.3) is 0 Å². The summed E-state index contributed by atoms with van der Waals surface area (Å²) >= 11 is 0. The second-order valence-corrected chi connectivity index (χ2v) is 6.01. The highest BCUT2D eigenvalue weighted by atomic mass is 16.5. The predicted octanol–water partition coefficient (Wildman–Crippen LogP) is 4.09. The molecule has 5 heteroatoms. The summed E-state index contributed by atoms with van der Waals surface area (Å²) < 4.78 is 11.2. The fourth-order valence-electron chi connectivity index (χ4n) is 2.73. The SMILES string of the molecule is COc1ccccc1OC(C)C(=O)N(Cc1ccccc1)c1ccccn1. The molecule has 0 radical (unpaired) electrons. The third-order valence-corrected chi connectivity index (χ3v) is 4.10. The Morgan fingerprint density at radius 3 is 2.30 bits per heavy atom. The van der Waals surface area contributed by atoms with Crippen molar-refractivity contribution in [1.29, 1.82) is 0 Å². The number of para-hydroxylation sites is 2. The van der Waals surface area contributed by atoms with E-state index < -0.39 is 6.10 Å². The molecule has 0 aliphatic rings. The zero-order valence-corrected chi connectivity index (χ0v) is 15.4. The molecule has 1 amide bonds. The van der Waals surface area contributed by atoms with Crippen LogP contribution in [0.4, 0.5) is 5.82 Å². The minimum Gasteiger partial charge on any atom is -0.493 e. The lowest BCUT2D eigenvalue weighted by Crippen LogP contribution is -2.40. The standard InChI is InChI=1S/C22H22N2O3/c1-17(27-20-13-7-6-12-19(20)26-2)22(25)24(21-14-8-9-15-23-21)16-18-10-4-3-5-11-18/h3-15,17H,16H2,1-2H3. The molecule has 3 aromatic rings. The van der Waals surface area contributed by atoms with Gasteiger partial charge in [-0.05, 0) is 36.8 Å². The van der Waals surface area contributed by atoms with Crippen LogP contribution in [0, 0.1) is 0 Å². The number of hydrogen-bond donors (Lipinski definition) is 0. The smallest absolute Gasteiger partial charge is 0.269 e. The maximum Gasteiger partial charge on any atom is 0.269 e. The summed E-state index contributed by atoms with van der Waals surface area (Å²) in [6.45, 7) is 2.14. The first-order chi connectivity index (χ1) is 13.2. The summed E-state index contributed by atoms with van der Waals surface area (Å²) in [5.74, 6) is 1.52. The van der Waals surface area contributed by atoms with Crippen LogP contribution in [0.1, 0.15) is 12.5 Å². The second-order valence-electron chi connectivity index (χ2n) is 6.01. The molecule has 0 saturated carbocycles. The molecule has 1 aromatic heterocycles. The largest absolute Gasteiger partial charge is 0.493 e. The van der Waals surface area contributed by atoms with Gasteiger partial charge in [0.15, 0.2) is 17.6 Å². The van der Waals surface area contributed by atoms with Crippen LogP contribution in [0.3, 0.4) is 0 Å². The van der Waals surface area contributed by atoms with E-state index in [1.165, 1.54) is 0 Å². The zero-order valence-electron chi connectivity index (χ0n) is 15.4. The molecule has 1 unspecified atom stereocenters. The van der Waals surface area contributed by atoms with Gasteiger partial charge in [-0.1, -0.05) is 48.5 Å². The zero-order chi connectivity index (χ0) is 19.1. The number of pyridine rings is 1. The fraction of sp³-hybridized carbons (Fsp3) is 0.182. The Hall–Kier alpha value is -3.34. The Morgan fingerprint density at radius 1 is 0.963 bits per heavy atom. The topological polar surface area (TPSA) is 51.7 Å². The van der Waals surface area contributed by atoms with Gasteiger partial charge in [0.25, 0.3) is 5.91 Å². The molecule has 1 heterocycles. The van der Waals surface area contributed by atoms with Gasteiger partial charge in [0.05, 0.1) is 13.7 Å². The number of rotatable bonds is 7. The Bertz CT molecular complexity index is 869. The molecular weight excluding hydrogens is 340 g/mol. The van der Waals surface area contributed by atoms with E-state index in [-0.39, 0.29) is 5.91 Å². The Balaban J connectivity index is 1.83. The van der Waals surface area contributed by atoms with Crippen molar-refractivity contribution < 1.29 is 14.3 Å².